The van der Waals surface area contributed by atoms with Gasteiger partial charge < -0.3 is 0 Å². The molecule has 304 valence electrons. The molecule has 0 bridgehead atoms. The summed E-state index contributed by atoms with van der Waals surface area (Å²) in [6.07, 6.45) is 0. The summed E-state index contributed by atoms with van der Waals surface area (Å²) in [7, 11) is -5.97. The molecule has 12 aromatic rings. The van der Waals surface area contributed by atoms with Gasteiger partial charge in [-0.25, -0.2) is 0 Å². The Kier molecular flexibility index (Phi) is 8.34. The SMILES string of the molecule is C[Si](C)(C)c1cc2c(s1)sc1sc3c(c12)-c1c(sc2sc4sc([Si](C)(C)C)cc4c12)-c1sc2sc4sc([Si](C)(C)C)cc4c2c1-c1c-3sc2sc3sc([Si](C)(C)C)cc3c12. The Morgan fingerprint density at radius 1 is 0.250 bits per heavy atom. The Bertz CT molecular complexity index is 3320. The van der Waals surface area contributed by atoms with Crippen LogP contribution in [0.5, 0.6) is 0 Å². The summed E-state index contributed by atoms with van der Waals surface area (Å²) in [5.41, 5.74) is 6.19. The molecule has 0 fully saturated rings. The smallest absolute Gasteiger partial charge is 0.0904 e. The molecule has 13 rings (SSSR count). The number of thiophene rings is 12. The zero-order chi connectivity index (χ0) is 41.5. The predicted octanol–water partition coefficient (Wildman–Crippen LogP) is 18.8. The van der Waals surface area contributed by atoms with Gasteiger partial charge in [0.2, 0.25) is 0 Å². The van der Waals surface area contributed by atoms with Crippen molar-refractivity contribution < 1.29 is 0 Å². The summed E-state index contributed by atoms with van der Waals surface area (Å²) in [5, 5.41) is 12.3. The third-order valence-electron chi connectivity index (χ3n) is 12.0. The fourth-order valence-electron chi connectivity index (χ4n) is 8.81. The van der Waals surface area contributed by atoms with Crippen LogP contribution in [0.25, 0.3) is 117 Å². The van der Waals surface area contributed by atoms with E-state index in [1.165, 1.54) is 73.2 Å². The Hall–Kier alpha value is -0.652. The van der Waals surface area contributed by atoms with E-state index in [9.17, 15) is 0 Å². The van der Waals surface area contributed by atoms with Crippen molar-refractivity contribution >= 4 is 262 Å². The predicted molar refractivity (Wildman–Crippen MR) is 308 cm³/mol. The maximum absolute atomic E-state index is 2.65. The van der Waals surface area contributed by atoms with Crippen LogP contribution in [0.2, 0.25) is 78.6 Å². The minimum atomic E-state index is -1.49. The lowest BCUT2D eigenvalue weighted by Crippen LogP contribution is -2.34. The minimum absolute atomic E-state index is 1.49. The van der Waals surface area contributed by atoms with Gasteiger partial charge in [0.15, 0.2) is 0 Å². The first kappa shape index (κ1) is 39.7. The van der Waals surface area contributed by atoms with Gasteiger partial charge in [-0.2, -0.15) is 0 Å². The quantitative estimate of drug-likeness (QED) is 0.154. The van der Waals surface area contributed by atoms with E-state index in [1.807, 2.05) is 0 Å². The van der Waals surface area contributed by atoms with Gasteiger partial charge >= 0.3 is 0 Å². The maximum Gasteiger partial charge on any atom is 0.0904 e. The molecule has 16 heteroatoms. The molecule has 12 heterocycles. The van der Waals surface area contributed by atoms with E-state index in [4.69, 9.17) is 0 Å². The second-order valence-electron chi connectivity index (χ2n) is 20.5. The van der Waals surface area contributed by atoms with Crippen molar-refractivity contribution in [1.29, 1.82) is 0 Å². The van der Waals surface area contributed by atoms with Gasteiger partial charge in [0.05, 0.1) is 83.9 Å². The van der Waals surface area contributed by atoms with Crippen molar-refractivity contribution in [3.8, 4) is 41.8 Å². The summed E-state index contributed by atoms with van der Waals surface area (Å²) < 4.78 is 18.7. The molecule has 0 N–H and O–H groups in total. The second kappa shape index (κ2) is 12.6. The molecule has 1 aliphatic rings. The van der Waals surface area contributed by atoms with Crippen LogP contribution < -0.4 is 18.0 Å². The lowest BCUT2D eigenvalue weighted by molar-refractivity contribution is 1.79. The molecular weight excluding hydrogens is 1030 g/mol. The van der Waals surface area contributed by atoms with Crippen LogP contribution in [0.4, 0.5) is 0 Å². The Morgan fingerprint density at radius 3 is 0.633 bits per heavy atom. The molecule has 1 aliphatic carbocycles. The highest BCUT2D eigenvalue weighted by molar-refractivity contribution is 7.56. The van der Waals surface area contributed by atoms with Gasteiger partial charge in [-0.3, -0.25) is 0 Å². The van der Waals surface area contributed by atoms with E-state index >= 15 is 0 Å². The van der Waals surface area contributed by atoms with Crippen LogP contribution in [-0.4, -0.2) is 32.3 Å². The van der Waals surface area contributed by atoms with Crippen LogP contribution >= 0.6 is 136 Å². The molecule has 0 saturated carbocycles. The third kappa shape index (κ3) is 5.42. The topological polar surface area (TPSA) is 0 Å². The van der Waals surface area contributed by atoms with Crippen molar-refractivity contribution in [2.24, 2.45) is 0 Å². The van der Waals surface area contributed by atoms with Crippen molar-refractivity contribution in [2.45, 2.75) is 78.6 Å². The number of hydrogen-bond donors (Lipinski definition) is 0. The molecule has 0 amide bonds. The van der Waals surface area contributed by atoms with Crippen LogP contribution in [0.15, 0.2) is 24.3 Å². The first-order valence-electron chi connectivity index (χ1n) is 20.2. The first-order chi connectivity index (χ1) is 28.2. The van der Waals surface area contributed by atoms with Gasteiger partial charge in [0.1, 0.15) is 0 Å². The van der Waals surface area contributed by atoms with E-state index in [1.54, 1.807) is 61.8 Å². The first-order valence-corrected chi connectivity index (χ1v) is 44.0. The van der Waals surface area contributed by atoms with E-state index in [-0.39, 0.29) is 0 Å². The number of rotatable bonds is 4. The fourth-order valence-corrected chi connectivity index (χ4v) is 34.3. The molecule has 12 aromatic heterocycles. The van der Waals surface area contributed by atoms with Crippen molar-refractivity contribution in [1.82, 2.24) is 0 Å². The van der Waals surface area contributed by atoms with Crippen LogP contribution in [0.3, 0.4) is 0 Å². The standard InChI is InChI=1S/C44H40S12Si4/c1-57(2,3)21-13-17-25-29-30-26-18-14-22(58(4,5)6)46-38(18)54-42(26)50-34(30)36-32(28-20-16-24(60(10,11)12)48-40(20)56-44(28)52-36)31-27-19-15-23(59(7,8)9)47-39(19)55-43(27)51-35(31)33(29)49-41(25)53-37(17)45-21/h13-16H,1-12H3. The van der Waals surface area contributed by atoms with Gasteiger partial charge in [-0.05, 0) is 42.3 Å². The zero-order valence-electron chi connectivity index (χ0n) is 35.2. The van der Waals surface area contributed by atoms with Crippen molar-refractivity contribution in [2.75, 3.05) is 0 Å². The van der Waals surface area contributed by atoms with Gasteiger partial charge in [-0.1, -0.05) is 78.6 Å². The summed E-state index contributed by atoms with van der Waals surface area (Å²) in [4.78, 5) is 6.12. The highest BCUT2D eigenvalue weighted by atomic mass is 32.2. The summed E-state index contributed by atoms with van der Waals surface area (Å²) in [6.45, 7) is 30.3. The Labute approximate surface area is 401 Å². The molecular formula is C44H40S12Si4. The van der Waals surface area contributed by atoms with E-state index < -0.39 is 32.3 Å². The lowest BCUT2D eigenvalue weighted by atomic mass is 9.90. The van der Waals surface area contributed by atoms with Crippen molar-refractivity contribution in [3.05, 3.63) is 24.3 Å². The summed E-state index contributed by atoms with van der Waals surface area (Å²) >= 11 is 25.2. The molecule has 0 aliphatic heterocycles. The monoisotopic (exact) mass is 1060 g/mol. The lowest BCUT2D eigenvalue weighted by Gasteiger charge is -2.15. The number of hydrogen-bond acceptors (Lipinski definition) is 12. The van der Waals surface area contributed by atoms with Crippen LogP contribution in [0, 0.1) is 0 Å². The molecule has 0 spiro atoms. The van der Waals surface area contributed by atoms with Crippen LogP contribution in [-0.2, 0) is 0 Å². The molecule has 0 unspecified atom stereocenters. The minimum Gasteiger partial charge on any atom is -0.134 e. The second-order valence-corrected chi connectivity index (χ2v) is 56.6. The van der Waals surface area contributed by atoms with Gasteiger partial charge in [0.25, 0.3) is 0 Å². The Morgan fingerprint density at radius 2 is 0.450 bits per heavy atom. The van der Waals surface area contributed by atoms with E-state index in [2.05, 4.69) is 239 Å². The molecule has 0 aromatic carbocycles. The molecule has 0 radical (unpaired) electrons. The summed E-state index contributed by atoms with van der Waals surface area (Å²) in [6, 6.07) is 10.6. The average Bonchev–Trinajstić information content (AvgIpc) is 3.93. The average molecular weight is 1070 g/mol. The fraction of sp³-hybridized carbons (Fsp3) is 0.273. The molecule has 0 atom stereocenters. The number of fused-ring (bicyclic) bond motifs is 24. The van der Waals surface area contributed by atoms with Crippen LogP contribution in [0.1, 0.15) is 0 Å². The largest absolute Gasteiger partial charge is 0.134 e. The normalized spacial score (nSPS) is 14.3. The summed E-state index contributed by atoms with van der Waals surface area (Å²) in [5.74, 6) is 0. The molecule has 0 saturated heterocycles. The van der Waals surface area contributed by atoms with E-state index in [0.717, 1.165) is 0 Å². The Balaban J connectivity index is 1.25. The zero-order valence-corrected chi connectivity index (χ0v) is 49.0. The molecule has 60 heavy (non-hydrogen) atoms. The highest BCUT2D eigenvalue weighted by Gasteiger charge is 2.39. The van der Waals surface area contributed by atoms with Crippen molar-refractivity contribution in [3.63, 3.8) is 0 Å². The third-order valence-corrected chi connectivity index (χ3v) is 41.5. The molecule has 0 nitrogen and oxygen atoms in total. The highest BCUT2D eigenvalue weighted by Crippen LogP contribution is 2.68. The van der Waals surface area contributed by atoms with Gasteiger partial charge in [0, 0.05) is 65.3 Å². The maximum atomic E-state index is 2.65. The van der Waals surface area contributed by atoms with Gasteiger partial charge in [-0.15, -0.1) is 136 Å². The van der Waals surface area contributed by atoms with E-state index in [0.29, 0.717) is 0 Å².